The summed E-state index contributed by atoms with van der Waals surface area (Å²) in [5, 5.41) is 6.60. The molecule has 3 rings (SSSR count). The monoisotopic (exact) mass is 398 g/mol. The van der Waals surface area contributed by atoms with Crippen LogP contribution in [0.4, 0.5) is 5.69 Å². The van der Waals surface area contributed by atoms with E-state index in [0.29, 0.717) is 22.9 Å². The molecule has 0 fully saturated rings. The predicted octanol–water partition coefficient (Wildman–Crippen LogP) is 2.95. The highest BCUT2D eigenvalue weighted by Gasteiger charge is 2.14. The third-order valence-corrected chi connectivity index (χ3v) is 4.19. The summed E-state index contributed by atoms with van der Waals surface area (Å²) in [5.74, 6) is 0.185. The number of esters is 1. The van der Waals surface area contributed by atoms with Gasteiger partial charge in [-0.3, -0.25) is 4.79 Å². The summed E-state index contributed by atoms with van der Waals surface area (Å²) in [6.07, 6.45) is 0. The highest BCUT2D eigenvalue weighted by atomic mass is 16.7. The van der Waals surface area contributed by atoms with Crippen LogP contribution >= 0.6 is 0 Å². The van der Waals surface area contributed by atoms with E-state index in [9.17, 15) is 9.59 Å². The van der Waals surface area contributed by atoms with Crippen LogP contribution in [0, 0.1) is 13.8 Å². The third-order valence-electron chi connectivity index (χ3n) is 4.19. The van der Waals surface area contributed by atoms with Gasteiger partial charge in [-0.15, -0.1) is 0 Å². The number of rotatable bonds is 7. The Hall–Kier alpha value is -3.55. The Morgan fingerprint density at radius 1 is 1.07 bits per heavy atom. The molecule has 2 aromatic rings. The normalized spacial score (nSPS) is 12.4. The lowest BCUT2D eigenvalue weighted by Crippen LogP contribution is -2.23. The molecule has 1 amide bonds. The van der Waals surface area contributed by atoms with Gasteiger partial charge in [-0.25, -0.2) is 4.79 Å². The fourth-order valence-electron chi connectivity index (χ4n) is 2.68. The Kier molecular flexibility index (Phi) is 6.33. The molecule has 8 heteroatoms. The Bertz CT molecular complexity index is 954. The van der Waals surface area contributed by atoms with Crippen molar-refractivity contribution in [3.8, 4) is 11.5 Å². The molecule has 0 atom stereocenters. The largest absolute Gasteiger partial charge is 0.454 e. The van der Waals surface area contributed by atoms with Crippen LogP contribution in [0.2, 0.25) is 0 Å². The molecule has 1 aliphatic rings. The number of amides is 1. The van der Waals surface area contributed by atoms with Crippen molar-refractivity contribution in [2.24, 2.45) is 5.16 Å². The molecular formula is C21H22N2O6. The Balaban J connectivity index is 1.42. The number of hydrogen-bond donors (Lipinski definition) is 1. The van der Waals surface area contributed by atoms with Gasteiger partial charge in [0.05, 0.1) is 5.71 Å². The molecule has 0 aliphatic carbocycles. The van der Waals surface area contributed by atoms with E-state index in [2.05, 4.69) is 10.5 Å². The molecule has 0 saturated carbocycles. The van der Waals surface area contributed by atoms with Gasteiger partial charge in [0.25, 0.3) is 5.91 Å². The maximum Gasteiger partial charge on any atom is 0.347 e. The van der Waals surface area contributed by atoms with Crippen molar-refractivity contribution in [1.29, 1.82) is 0 Å². The van der Waals surface area contributed by atoms with Gasteiger partial charge in [-0.05, 0) is 50.6 Å². The number of nitrogens with zero attached hydrogens (tertiary/aromatic N) is 1. The topological polar surface area (TPSA) is 95.5 Å². The fraction of sp³-hybridized carbons (Fsp3) is 0.286. The number of anilines is 1. The van der Waals surface area contributed by atoms with Crippen molar-refractivity contribution >= 4 is 23.3 Å². The molecule has 1 aliphatic heterocycles. The summed E-state index contributed by atoms with van der Waals surface area (Å²) in [7, 11) is 0. The van der Waals surface area contributed by atoms with E-state index in [4.69, 9.17) is 19.0 Å². The number of carbonyl (C=O) groups excluding carboxylic acids is 2. The number of benzene rings is 2. The van der Waals surface area contributed by atoms with Crippen molar-refractivity contribution in [2.45, 2.75) is 20.8 Å². The van der Waals surface area contributed by atoms with Crippen molar-refractivity contribution in [3.63, 3.8) is 0 Å². The van der Waals surface area contributed by atoms with E-state index >= 15 is 0 Å². The molecule has 8 nitrogen and oxygen atoms in total. The van der Waals surface area contributed by atoms with E-state index < -0.39 is 25.1 Å². The van der Waals surface area contributed by atoms with Gasteiger partial charge in [0.15, 0.2) is 18.1 Å². The third kappa shape index (κ3) is 5.47. The SMILES string of the molecule is C/C(=N/OCC(=O)OCC(=O)Nc1ccc(C)cc1C)c1ccc2c(c1)OCO2. The summed E-state index contributed by atoms with van der Waals surface area (Å²) < 4.78 is 15.5. The molecule has 0 bridgehead atoms. The van der Waals surface area contributed by atoms with Gasteiger partial charge in [-0.2, -0.15) is 0 Å². The first-order chi connectivity index (χ1) is 13.9. The maximum absolute atomic E-state index is 11.9. The van der Waals surface area contributed by atoms with E-state index in [1.807, 2.05) is 32.0 Å². The van der Waals surface area contributed by atoms with Gasteiger partial charge in [0, 0.05) is 11.3 Å². The predicted molar refractivity (Wildman–Crippen MR) is 106 cm³/mol. The van der Waals surface area contributed by atoms with Crippen molar-refractivity contribution in [2.75, 3.05) is 25.3 Å². The zero-order valence-corrected chi connectivity index (χ0v) is 16.5. The smallest absolute Gasteiger partial charge is 0.347 e. The lowest BCUT2D eigenvalue weighted by Gasteiger charge is -2.09. The molecule has 0 radical (unpaired) electrons. The van der Waals surface area contributed by atoms with Crippen LogP contribution in [0.3, 0.4) is 0 Å². The summed E-state index contributed by atoms with van der Waals surface area (Å²) in [6.45, 7) is 4.98. The van der Waals surface area contributed by atoms with E-state index in [1.54, 1.807) is 25.1 Å². The average molecular weight is 398 g/mol. The first-order valence-electron chi connectivity index (χ1n) is 9.01. The number of ether oxygens (including phenoxy) is 3. The minimum atomic E-state index is -0.692. The number of oxime groups is 1. The van der Waals surface area contributed by atoms with Gasteiger partial charge in [-0.1, -0.05) is 22.9 Å². The molecule has 1 N–H and O–H groups in total. The number of hydrogen-bond acceptors (Lipinski definition) is 7. The quantitative estimate of drug-likeness (QED) is 0.438. The first kappa shape index (κ1) is 20.2. The number of carbonyl (C=O) groups is 2. The Morgan fingerprint density at radius 2 is 1.86 bits per heavy atom. The first-order valence-corrected chi connectivity index (χ1v) is 9.01. The highest BCUT2D eigenvalue weighted by molar-refractivity contribution is 5.99. The highest BCUT2D eigenvalue weighted by Crippen LogP contribution is 2.32. The summed E-state index contributed by atoms with van der Waals surface area (Å²) >= 11 is 0. The summed E-state index contributed by atoms with van der Waals surface area (Å²) in [6, 6.07) is 11.0. The van der Waals surface area contributed by atoms with Crippen LogP contribution in [0.15, 0.2) is 41.6 Å². The second kappa shape index (κ2) is 9.09. The average Bonchev–Trinajstić information content (AvgIpc) is 3.16. The van der Waals surface area contributed by atoms with Crippen molar-refractivity contribution in [3.05, 3.63) is 53.1 Å². The van der Waals surface area contributed by atoms with Crippen LogP contribution in [0.1, 0.15) is 23.6 Å². The van der Waals surface area contributed by atoms with Crippen molar-refractivity contribution < 1.29 is 28.6 Å². The van der Waals surface area contributed by atoms with Crippen LogP contribution < -0.4 is 14.8 Å². The molecule has 0 spiro atoms. The molecular weight excluding hydrogens is 376 g/mol. The second-order valence-electron chi connectivity index (χ2n) is 6.55. The lowest BCUT2D eigenvalue weighted by atomic mass is 10.1. The van der Waals surface area contributed by atoms with Crippen molar-refractivity contribution in [1.82, 2.24) is 0 Å². The van der Waals surface area contributed by atoms with Crippen LogP contribution in [-0.4, -0.2) is 37.6 Å². The fourth-order valence-corrected chi connectivity index (χ4v) is 2.68. The molecule has 2 aromatic carbocycles. The number of aryl methyl sites for hydroxylation is 2. The number of fused-ring (bicyclic) bond motifs is 1. The summed E-state index contributed by atoms with van der Waals surface area (Å²) in [4.78, 5) is 28.7. The summed E-state index contributed by atoms with van der Waals surface area (Å²) in [5.41, 5.74) is 4.04. The minimum Gasteiger partial charge on any atom is -0.454 e. The van der Waals surface area contributed by atoms with Gasteiger partial charge < -0.3 is 24.4 Å². The van der Waals surface area contributed by atoms with Gasteiger partial charge >= 0.3 is 5.97 Å². The van der Waals surface area contributed by atoms with Gasteiger partial charge in [0.2, 0.25) is 13.4 Å². The Morgan fingerprint density at radius 3 is 2.66 bits per heavy atom. The molecule has 152 valence electrons. The lowest BCUT2D eigenvalue weighted by molar-refractivity contribution is -0.151. The molecule has 0 aromatic heterocycles. The van der Waals surface area contributed by atoms with E-state index in [1.165, 1.54) is 0 Å². The zero-order chi connectivity index (χ0) is 20.8. The zero-order valence-electron chi connectivity index (χ0n) is 16.5. The van der Waals surface area contributed by atoms with E-state index in [0.717, 1.165) is 16.7 Å². The Labute approximate surface area is 168 Å². The molecule has 0 saturated heterocycles. The van der Waals surface area contributed by atoms with Gasteiger partial charge in [0.1, 0.15) is 0 Å². The maximum atomic E-state index is 11.9. The molecule has 1 heterocycles. The van der Waals surface area contributed by atoms with Crippen LogP contribution in [0.25, 0.3) is 0 Å². The minimum absolute atomic E-state index is 0.189. The molecule has 0 unspecified atom stereocenters. The van der Waals surface area contributed by atoms with E-state index in [-0.39, 0.29) is 6.79 Å². The van der Waals surface area contributed by atoms with Crippen LogP contribution in [0.5, 0.6) is 11.5 Å². The standard InChI is InChI=1S/C21H22N2O6/c1-13-4-6-17(14(2)8-13)22-20(24)10-26-21(25)11-29-23-15(3)16-5-7-18-19(9-16)28-12-27-18/h4-9H,10-12H2,1-3H3,(H,22,24)/b23-15-. The number of nitrogens with one attached hydrogen (secondary N) is 1. The van der Waals surface area contributed by atoms with Crippen LogP contribution in [-0.2, 0) is 19.2 Å². The second-order valence-corrected chi connectivity index (χ2v) is 6.55. The molecule has 29 heavy (non-hydrogen) atoms.